The predicted molar refractivity (Wildman–Crippen MR) is 118 cm³/mol. The quantitative estimate of drug-likeness (QED) is 0.490. The third-order valence-electron chi connectivity index (χ3n) is 4.36. The van der Waals surface area contributed by atoms with E-state index in [1.807, 2.05) is 18.2 Å². The molecule has 3 aromatic rings. The van der Waals surface area contributed by atoms with Crippen LogP contribution in [0.4, 0.5) is 5.13 Å². The van der Waals surface area contributed by atoms with Gasteiger partial charge in [0.05, 0.1) is 17.7 Å². The SMILES string of the molecule is COc1ccc(S(=O)(=O)Nc2nc(C)c(C(=O)NCCCc3ccccc3)s2)cc1. The van der Waals surface area contributed by atoms with Crippen molar-refractivity contribution in [2.45, 2.75) is 24.7 Å². The molecular weight excluding hydrogens is 422 g/mol. The topological polar surface area (TPSA) is 97.4 Å². The number of hydrogen-bond acceptors (Lipinski definition) is 6. The third kappa shape index (κ3) is 5.58. The zero-order valence-electron chi connectivity index (χ0n) is 16.7. The van der Waals surface area contributed by atoms with E-state index in [9.17, 15) is 13.2 Å². The fraction of sp³-hybridized carbons (Fsp3) is 0.238. The van der Waals surface area contributed by atoms with Crippen molar-refractivity contribution >= 4 is 32.4 Å². The van der Waals surface area contributed by atoms with Gasteiger partial charge in [0.1, 0.15) is 10.6 Å². The van der Waals surface area contributed by atoms with Crippen molar-refractivity contribution in [3.8, 4) is 5.75 Å². The van der Waals surface area contributed by atoms with Crippen molar-refractivity contribution in [1.29, 1.82) is 0 Å². The van der Waals surface area contributed by atoms with Crippen LogP contribution >= 0.6 is 11.3 Å². The van der Waals surface area contributed by atoms with Crippen LogP contribution in [0.25, 0.3) is 0 Å². The molecule has 0 spiro atoms. The van der Waals surface area contributed by atoms with Crippen LogP contribution in [-0.4, -0.2) is 33.0 Å². The summed E-state index contributed by atoms with van der Waals surface area (Å²) in [6.07, 6.45) is 1.68. The lowest BCUT2D eigenvalue weighted by Gasteiger charge is -2.06. The molecule has 0 saturated carbocycles. The number of anilines is 1. The maximum absolute atomic E-state index is 12.6. The highest BCUT2D eigenvalue weighted by atomic mass is 32.2. The van der Waals surface area contributed by atoms with E-state index in [-0.39, 0.29) is 15.9 Å². The van der Waals surface area contributed by atoms with Crippen molar-refractivity contribution in [3.63, 3.8) is 0 Å². The Balaban J connectivity index is 1.59. The molecule has 0 radical (unpaired) electrons. The zero-order valence-corrected chi connectivity index (χ0v) is 18.3. The highest BCUT2D eigenvalue weighted by molar-refractivity contribution is 7.93. The van der Waals surface area contributed by atoms with Crippen LogP contribution in [0, 0.1) is 6.92 Å². The number of methoxy groups -OCH3 is 1. The van der Waals surface area contributed by atoms with Gasteiger partial charge in [0.2, 0.25) is 0 Å². The summed E-state index contributed by atoms with van der Waals surface area (Å²) in [7, 11) is -2.30. The molecule has 158 valence electrons. The number of hydrogen-bond donors (Lipinski definition) is 2. The van der Waals surface area contributed by atoms with Crippen molar-refractivity contribution < 1.29 is 17.9 Å². The number of carbonyl (C=O) groups is 1. The van der Waals surface area contributed by atoms with Gasteiger partial charge in [-0.2, -0.15) is 0 Å². The molecule has 0 unspecified atom stereocenters. The number of aryl methyl sites for hydroxylation is 2. The summed E-state index contributed by atoms with van der Waals surface area (Å²) in [4.78, 5) is 17.1. The Morgan fingerprint density at radius 2 is 1.80 bits per heavy atom. The maximum atomic E-state index is 12.6. The summed E-state index contributed by atoms with van der Waals surface area (Å²) in [6.45, 7) is 2.21. The zero-order chi connectivity index (χ0) is 21.6. The second-order valence-corrected chi connectivity index (χ2v) is 9.24. The van der Waals surface area contributed by atoms with E-state index in [4.69, 9.17) is 4.74 Å². The van der Waals surface area contributed by atoms with Crippen LogP contribution in [0.2, 0.25) is 0 Å². The predicted octanol–water partition coefficient (Wildman–Crippen LogP) is 3.62. The second-order valence-electron chi connectivity index (χ2n) is 6.56. The molecule has 3 rings (SSSR count). The molecule has 0 atom stereocenters. The Morgan fingerprint density at radius 3 is 2.47 bits per heavy atom. The summed E-state index contributed by atoms with van der Waals surface area (Å²) in [5, 5.41) is 3.02. The van der Waals surface area contributed by atoms with Crippen LogP contribution in [0.1, 0.15) is 27.3 Å². The smallest absolute Gasteiger partial charge is 0.263 e. The summed E-state index contributed by atoms with van der Waals surface area (Å²) < 4.78 is 32.6. The maximum Gasteiger partial charge on any atom is 0.263 e. The van der Waals surface area contributed by atoms with Crippen molar-refractivity contribution in [3.05, 3.63) is 70.7 Å². The number of carbonyl (C=O) groups excluding carboxylic acids is 1. The van der Waals surface area contributed by atoms with Gasteiger partial charge in [-0.1, -0.05) is 41.7 Å². The Labute approximate surface area is 180 Å². The Morgan fingerprint density at radius 1 is 1.10 bits per heavy atom. The minimum absolute atomic E-state index is 0.0862. The fourth-order valence-corrected chi connectivity index (χ4v) is 4.92. The average Bonchev–Trinajstić information content (AvgIpc) is 3.11. The Hall–Kier alpha value is -2.91. The molecule has 7 nitrogen and oxygen atoms in total. The van der Waals surface area contributed by atoms with Crippen LogP contribution in [-0.2, 0) is 16.4 Å². The number of nitrogens with zero attached hydrogens (tertiary/aromatic N) is 1. The first-order valence-electron chi connectivity index (χ1n) is 9.35. The van der Waals surface area contributed by atoms with Gasteiger partial charge in [0.15, 0.2) is 5.13 Å². The molecule has 0 aliphatic heterocycles. The number of ether oxygens (including phenoxy) is 1. The standard InChI is InChI=1S/C21H23N3O4S2/c1-15-19(20(25)22-14-6-9-16-7-4-3-5-8-16)29-21(23-15)24-30(26,27)18-12-10-17(28-2)11-13-18/h3-5,7-8,10-13H,6,9,14H2,1-2H3,(H,22,25)(H,23,24). The van der Waals surface area contributed by atoms with Crippen LogP contribution in [0.3, 0.4) is 0 Å². The summed E-state index contributed by atoms with van der Waals surface area (Å²) in [6, 6.07) is 16.1. The number of nitrogens with one attached hydrogen (secondary N) is 2. The molecule has 1 heterocycles. The van der Waals surface area contributed by atoms with Crippen molar-refractivity contribution in [2.24, 2.45) is 0 Å². The number of sulfonamides is 1. The van der Waals surface area contributed by atoms with Crippen molar-refractivity contribution in [2.75, 3.05) is 18.4 Å². The summed E-state index contributed by atoms with van der Waals surface area (Å²) >= 11 is 1.01. The summed E-state index contributed by atoms with van der Waals surface area (Å²) in [5.74, 6) is 0.304. The lowest BCUT2D eigenvalue weighted by Crippen LogP contribution is -2.24. The molecule has 2 aromatic carbocycles. The lowest BCUT2D eigenvalue weighted by molar-refractivity contribution is 0.0956. The molecule has 0 aliphatic rings. The molecule has 1 amide bonds. The second kappa shape index (κ2) is 9.73. The number of thiazole rings is 1. The van der Waals surface area contributed by atoms with Crippen LogP contribution < -0.4 is 14.8 Å². The normalized spacial score (nSPS) is 11.1. The summed E-state index contributed by atoms with van der Waals surface area (Å²) in [5.41, 5.74) is 1.70. The van der Waals surface area contributed by atoms with Gasteiger partial charge in [0.25, 0.3) is 15.9 Å². The first kappa shape index (κ1) is 21.8. The Kier molecular flexibility index (Phi) is 7.07. The van der Waals surface area contributed by atoms with Crippen LogP contribution in [0.15, 0.2) is 59.5 Å². The number of amides is 1. The van der Waals surface area contributed by atoms with Gasteiger partial charge in [-0.3, -0.25) is 9.52 Å². The molecule has 2 N–H and O–H groups in total. The van der Waals surface area contributed by atoms with E-state index < -0.39 is 10.0 Å². The van der Waals surface area contributed by atoms with E-state index in [0.717, 1.165) is 24.2 Å². The molecule has 0 fully saturated rings. The largest absolute Gasteiger partial charge is 0.497 e. The van der Waals surface area contributed by atoms with E-state index >= 15 is 0 Å². The minimum atomic E-state index is -3.81. The monoisotopic (exact) mass is 445 g/mol. The molecule has 0 bridgehead atoms. The van der Waals surface area contributed by atoms with E-state index in [0.29, 0.717) is 22.9 Å². The highest BCUT2D eigenvalue weighted by Gasteiger charge is 2.20. The Bertz CT molecular complexity index is 1100. The van der Waals surface area contributed by atoms with Crippen molar-refractivity contribution in [1.82, 2.24) is 10.3 Å². The van der Waals surface area contributed by atoms with Gasteiger partial charge in [-0.25, -0.2) is 13.4 Å². The molecule has 30 heavy (non-hydrogen) atoms. The average molecular weight is 446 g/mol. The molecule has 0 saturated heterocycles. The number of aromatic nitrogens is 1. The molecular formula is C21H23N3O4S2. The van der Waals surface area contributed by atoms with Gasteiger partial charge >= 0.3 is 0 Å². The third-order valence-corrected chi connectivity index (χ3v) is 6.92. The first-order chi connectivity index (χ1) is 14.4. The van der Waals surface area contributed by atoms with E-state index in [1.165, 1.54) is 24.8 Å². The molecule has 1 aromatic heterocycles. The first-order valence-corrected chi connectivity index (χ1v) is 11.7. The van der Waals surface area contributed by atoms with Crippen LogP contribution in [0.5, 0.6) is 5.75 Å². The molecule has 0 aliphatic carbocycles. The highest BCUT2D eigenvalue weighted by Crippen LogP contribution is 2.25. The molecule has 9 heteroatoms. The fourth-order valence-electron chi connectivity index (χ4n) is 2.80. The lowest BCUT2D eigenvalue weighted by atomic mass is 10.1. The van der Waals surface area contributed by atoms with Gasteiger partial charge in [0, 0.05) is 6.54 Å². The number of rotatable bonds is 9. The van der Waals surface area contributed by atoms with E-state index in [1.54, 1.807) is 19.1 Å². The van der Waals surface area contributed by atoms with Gasteiger partial charge in [-0.15, -0.1) is 0 Å². The van der Waals surface area contributed by atoms with E-state index in [2.05, 4.69) is 27.2 Å². The van der Waals surface area contributed by atoms with Gasteiger partial charge < -0.3 is 10.1 Å². The number of benzene rings is 2. The van der Waals surface area contributed by atoms with Gasteiger partial charge in [-0.05, 0) is 49.6 Å². The minimum Gasteiger partial charge on any atom is -0.497 e.